The molecular formula is C26H30Cl3NO6S. The molecule has 0 saturated carbocycles. The van der Waals surface area contributed by atoms with Crippen LogP contribution in [-0.2, 0) is 24.2 Å². The third kappa shape index (κ3) is 6.79. The van der Waals surface area contributed by atoms with Gasteiger partial charge in [-0.3, -0.25) is 9.59 Å². The van der Waals surface area contributed by atoms with E-state index in [1.807, 2.05) is 0 Å². The van der Waals surface area contributed by atoms with Crippen molar-refractivity contribution < 1.29 is 27.9 Å². The number of hydrogen-bond acceptors (Lipinski definition) is 5. The minimum atomic E-state index is -3.64. The molecule has 0 aliphatic carbocycles. The van der Waals surface area contributed by atoms with Gasteiger partial charge in [-0.15, -0.1) is 0 Å². The summed E-state index contributed by atoms with van der Waals surface area (Å²) in [6, 6.07) is 10.1. The molecule has 1 aliphatic heterocycles. The standard InChI is InChI=1S/C26H30Cl3NO6S/c1-5-20(14-37(34,35)26(2,3)4)30-23(15-6-8-17(27)9-7-15)24(16-10-18(28)12-19(29)11-16)36-21(25(30)33)13-22(31)32/h6-12,20-21,23-24H,5,13-14H2,1-4H3,(H,31,32)/t20?,21-,23?,24-/m1/s1. The number of halogens is 3. The lowest BCUT2D eigenvalue weighted by Gasteiger charge is -2.48. The first-order chi connectivity index (χ1) is 17.1. The molecular weight excluding hydrogens is 561 g/mol. The number of benzene rings is 2. The predicted octanol–water partition coefficient (Wildman–Crippen LogP) is 6.12. The van der Waals surface area contributed by atoms with Crippen molar-refractivity contribution in [1.29, 1.82) is 0 Å². The lowest BCUT2D eigenvalue weighted by Crippen LogP contribution is -2.57. The maximum atomic E-state index is 13.8. The smallest absolute Gasteiger partial charge is 0.306 e. The van der Waals surface area contributed by atoms with E-state index >= 15 is 0 Å². The summed E-state index contributed by atoms with van der Waals surface area (Å²) in [5.74, 6) is -2.12. The monoisotopic (exact) mass is 589 g/mol. The molecule has 3 rings (SSSR count). The van der Waals surface area contributed by atoms with E-state index < -0.39 is 57.2 Å². The van der Waals surface area contributed by atoms with Crippen molar-refractivity contribution in [3.8, 4) is 0 Å². The van der Waals surface area contributed by atoms with Crippen molar-refractivity contribution in [3.63, 3.8) is 0 Å². The van der Waals surface area contributed by atoms with Crippen LogP contribution in [0, 0.1) is 0 Å². The molecule has 7 nitrogen and oxygen atoms in total. The van der Waals surface area contributed by atoms with Crippen molar-refractivity contribution in [1.82, 2.24) is 4.90 Å². The van der Waals surface area contributed by atoms with Crippen LogP contribution in [0.25, 0.3) is 0 Å². The Balaban J connectivity index is 2.24. The highest BCUT2D eigenvalue weighted by Crippen LogP contribution is 2.45. The molecule has 0 spiro atoms. The second kappa shape index (κ2) is 11.5. The van der Waals surface area contributed by atoms with Crippen LogP contribution >= 0.6 is 34.8 Å². The topological polar surface area (TPSA) is 101 Å². The average Bonchev–Trinajstić information content (AvgIpc) is 2.77. The number of morpholine rings is 1. The first-order valence-electron chi connectivity index (χ1n) is 11.8. The molecule has 1 saturated heterocycles. The molecule has 0 bridgehead atoms. The Labute approximate surface area is 232 Å². The fourth-order valence-electron chi connectivity index (χ4n) is 4.35. The van der Waals surface area contributed by atoms with Crippen LogP contribution in [0.3, 0.4) is 0 Å². The van der Waals surface area contributed by atoms with Gasteiger partial charge in [-0.1, -0.05) is 53.9 Å². The van der Waals surface area contributed by atoms with Gasteiger partial charge in [-0.25, -0.2) is 8.42 Å². The number of aliphatic carboxylic acids is 1. The van der Waals surface area contributed by atoms with Crippen LogP contribution in [0.15, 0.2) is 42.5 Å². The zero-order valence-corrected chi connectivity index (χ0v) is 24.0. The Morgan fingerprint density at radius 2 is 1.59 bits per heavy atom. The Kier molecular flexibility index (Phi) is 9.23. The van der Waals surface area contributed by atoms with E-state index in [-0.39, 0.29) is 5.75 Å². The highest BCUT2D eigenvalue weighted by molar-refractivity contribution is 7.92. The molecule has 1 fully saturated rings. The van der Waals surface area contributed by atoms with E-state index in [1.54, 1.807) is 70.2 Å². The second-order valence-electron chi connectivity index (χ2n) is 10.0. The Morgan fingerprint density at radius 1 is 1.03 bits per heavy atom. The summed E-state index contributed by atoms with van der Waals surface area (Å²) < 4.78 is 31.6. The van der Waals surface area contributed by atoms with Crippen LogP contribution in [-0.4, -0.2) is 52.9 Å². The molecule has 1 heterocycles. The maximum Gasteiger partial charge on any atom is 0.306 e. The fourth-order valence-corrected chi connectivity index (χ4v) is 6.43. The Hall–Kier alpha value is -1.84. The van der Waals surface area contributed by atoms with E-state index in [0.29, 0.717) is 32.6 Å². The van der Waals surface area contributed by atoms with Crippen molar-refractivity contribution >= 4 is 56.5 Å². The summed E-state index contributed by atoms with van der Waals surface area (Å²) in [7, 11) is -3.64. The van der Waals surface area contributed by atoms with Gasteiger partial charge in [0, 0.05) is 21.1 Å². The van der Waals surface area contributed by atoms with E-state index in [2.05, 4.69) is 0 Å². The molecule has 2 unspecified atom stereocenters. The van der Waals surface area contributed by atoms with Crippen LogP contribution in [0.1, 0.15) is 63.8 Å². The van der Waals surface area contributed by atoms with E-state index in [0.717, 1.165) is 0 Å². The van der Waals surface area contributed by atoms with Crippen LogP contribution in [0.2, 0.25) is 15.1 Å². The molecule has 2 aromatic rings. The number of ether oxygens (including phenoxy) is 1. The summed E-state index contributed by atoms with van der Waals surface area (Å²) in [5.41, 5.74) is 1.16. The van der Waals surface area contributed by atoms with Gasteiger partial charge in [0.15, 0.2) is 9.84 Å². The first-order valence-corrected chi connectivity index (χ1v) is 14.6. The minimum Gasteiger partial charge on any atom is -0.481 e. The third-order valence-electron chi connectivity index (χ3n) is 6.42. The van der Waals surface area contributed by atoms with Crippen LogP contribution in [0.4, 0.5) is 0 Å². The van der Waals surface area contributed by atoms with Crippen molar-refractivity contribution in [2.45, 2.75) is 69.6 Å². The molecule has 4 atom stereocenters. The van der Waals surface area contributed by atoms with Gasteiger partial charge >= 0.3 is 5.97 Å². The van der Waals surface area contributed by atoms with Gasteiger partial charge in [0.1, 0.15) is 12.2 Å². The number of carbonyl (C=O) groups excluding carboxylic acids is 1. The van der Waals surface area contributed by atoms with E-state index in [9.17, 15) is 23.1 Å². The van der Waals surface area contributed by atoms with Crippen molar-refractivity contribution in [2.24, 2.45) is 0 Å². The lowest BCUT2D eigenvalue weighted by atomic mass is 9.89. The fraction of sp³-hybridized carbons (Fsp3) is 0.462. The highest BCUT2D eigenvalue weighted by atomic mass is 35.5. The summed E-state index contributed by atoms with van der Waals surface area (Å²) >= 11 is 18.7. The quantitative estimate of drug-likeness (QED) is 0.397. The second-order valence-corrected chi connectivity index (χ2v) is 14.1. The highest BCUT2D eigenvalue weighted by Gasteiger charge is 2.48. The number of carboxylic acids is 1. The molecule has 1 amide bonds. The predicted molar refractivity (Wildman–Crippen MR) is 145 cm³/mol. The maximum absolute atomic E-state index is 13.8. The van der Waals surface area contributed by atoms with Crippen molar-refractivity contribution in [3.05, 3.63) is 68.7 Å². The largest absolute Gasteiger partial charge is 0.481 e. The van der Waals surface area contributed by atoms with Gasteiger partial charge in [0.05, 0.1) is 23.0 Å². The molecule has 37 heavy (non-hydrogen) atoms. The molecule has 1 N–H and O–H groups in total. The zero-order valence-electron chi connectivity index (χ0n) is 20.9. The van der Waals surface area contributed by atoms with Gasteiger partial charge < -0.3 is 14.7 Å². The number of rotatable bonds is 8. The average molecular weight is 591 g/mol. The van der Waals surface area contributed by atoms with Gasteiger partial charge in [-0.2, -0.15) is 0 Å². The summed E-state index contributed by atoms with van der Waals surface area (Å²) in [5, 5.41) is 10.7. The Morgan fingerprint density at radius 3 is 2.08 bits per heavy atom. The minimum absolute atomic E-state index is 0.300. The third-order valence-corrected chi connectivity index (χ3v) is 9.80. The number of hydrogen-bond donors (Lipinski definition) is 1. The van der Waals surface area contributed by atoms with Gasteiger partial charge in [0.25, 0.3) is 5.91 Å². The number of nitrogens with zero attached hydrogens (tertiary/aromatic N) is 1. The summed E-state index contributed by atoms with van der Waals surface area (Å²) in [6.07, 6.45) is -2.50. The van der Waals surface area contributed by atoms with Gasteiger partial charge in [0.2, 0.25) is 0 Å². The van der Waals surface area contributed by atoms with Gasteiger partial charge in [-0.05, 0) is 68.7 Å². The number of carbonyl (C=O) groups is 2. The lowest BCUT2D eigenvalue weighted by molar-refractivity contribution is -0.182. The van der Waals surface area contributed by atoms with E-state index in [4.69, 9.17) is 39.5 Å². The number of carboxylic acid groups (broad SMARTS) is 1. The number of sulfone groups is 1. The molecule has 1 aliphatic rings. The summed E-state index contributed by atoms with van der Waals surface area (Å²) in [6.45, 7) is 6.62. The summed E-state index contributed by atoms with van der Waals surface area (Å²) in [4.78, 5) is 27.0. The Bertz CT molecular complexity index is 1240. The van der Waals surface area contributed by atoms with Crippen molar-refractivity contribution in [2.75, 3.05) is 5.75 Å². The molecule has 2 aromatic carbocycles. The first kappa shape index (κ1) is 29.7. The normalized spacial score (nSPS) is 21.6. The van der Waals surface area contributed by atoms with Crippen LogP contribution < -0.4 is 0 Å². The molecule has 11 heteroatoms. The zero-order chi connectivity index (χ0) is 27.7. The molecule has 0 aromatic heterocycles. The van der Waals surface area contributed by atoms with E-state index in [1.165, 1.54) is 4.90 Å². The molecule has 202 valence electrons. The molecule has 0 radical (unpaired) electrons. The number of amides is 1. The SMILES string of the molecule is CCC(CS(=O)(=O)C(C)(C)C)N1C(=O)[C@@H](CC(=O)O)O[C@H](c2cc(Cl)cc(Cl)c2)C1c1ccc(Cl)cc1. The van der Waals surface area contributed by atoms with Crippen LogP contribution in [0.5, 0.6) is 0 Å².